The van der Waals surface area contributed by atoms with E-state index in [4.69, 9.17) is 0 Å². The van der Waals surface area contributed by atoms with Crippen LogP contribution < -0.4 is 5.32 Å². The summed E-state index contributed by atoms with van der Waals surface area (Å²) < 4.78 is 26.4. The Hall–Kier alpha value is -2.26. The lowest BCUT2D eigenvalue weighted by Gasteiger charge is -2.11. The van der Waals surface area contributed by atoms with Crippen molar-refractivity contribution in [2.24, 2.45) is 0 Å². The molecule has 0 radical (unpaired) electrons. The lowest BCUT2D eigenvalue weighted by atomic mass is 10.1. The van der Waals surface area contributed by atoms with E-state index in [9.17, 15) is 13.2 Å². The third-order valence-corrected chi connectivity index (χ3v) is 7.93. The van der Waals surface area contributed by atoms with Crippen LogP contribution in [0.4, 0.5) is 0 Å². The molecule has 0 saturated carbocycles. The minimum atomic E-state index is -2.98. The molecule has 1 aliphatic heterocycles. The first-order valence-electron chi connectivity index (χ1n) is 9.18. The zero-order valence-corrected chi connectivity index (χ0v) is 17.4. The van der Waals surface area contributed by atoms with Crippen LogP contribution in [0.3, 0.4) is 0 Å². The number of aromatic nitrogens is 3. The number of rotatable bonds is 5. The molecule has 4 rings (SSSR count). The number of para-hydroxylation sites is 1. The third kappa shape index (κ3) is 3.81. The van der Waals surface area contributed by atoms with Crippen molar-refractivity contribution >= 4 is 37.3 Å². The van der Waals surface area contributed by atoms with E-state index in [1.165, 1.54) is 0 Å². The van der Waals surface area contributed by atoms with Crippen molar-refractivity contribution in [1.29, 1.82) is 0 Å². The molecule has 7 nitrogen and oxygen atoms in total. The summed E-state index contributed by atoms with van der Waals surface area (Å²) in [5.41, 5.74) is 3.45. The van der Waals surface area contributed by atoms with Gasteiger partial charge in [-0.25, -0.2) is 13.4 Å². The normalized spacial score (nSPS) is 18.6. The number of nitrogens with one attached hydrogen (secondary N) is 1. The average molecular weight is 419 g/mol. The summed E-state index contributed by atoms with van der Waals surface area (Å²) >= 11 is 1.57. The minimum Gasteiger partial charge on any atom is -0.349 e. The zero-order chi connectivity index (χ0) is 19.9. The van der Waals surface area contributed by atoms with E-state index < -0.39 is 9.84 Å². The minimum absolute atomic E-state index is 0.0935. The van der Waals surface area contributed by atoms with Crippen LogP contribution >= 0.6 is 11.3 Å². The predicted octanol–water partition coefficient (Wildman–Crippen LogP) is 2.33. The average Bonchev–Trinajstić information content (AvgIpc) is 3.30. The molecule has 1 amide bonds. The second kappa shape index (κ2) is 7.29. The smallest absolute Gasteiger partial charge is 0.224 e. The topological polar surface area (TPSA) is 94.0 Å². The lowest BCUT2D eigenvalue weighted by molar-refractivity contribution is -0.120. The van der Waals surface area contributed by atoms with Crippen LogP contribution in [0.2, 0.25) is 0 Å². The van der Waals surface area contributed by atoms with Gasteiger partial charge < -0.3 is 5.32 Å². The third-order valence-electron chi connectivity index (χ3n) is 5.14. The molecule has 1 N–H and O–H groups in total. The van der Waals surface area contributed by atoms with Gasteiger partial charge in [0.2, 0.25) is 5.91 Å². The summed E-state index contributed by atoms with van der Waals surface area (Å²) in [5, 5.41) is 8.32. The Morgan fingerprint density at radius 2 is 2.11 bits per heavy atom. The number of hydrogen-bond acceptors (Lipinski definition) is 6. The van der Waals surface area contributed by atoms with Gasteiger partial charge in [-0.15, -0.1) is 11.3 Å². The monoisotopic (exact) mass is 418 g/mol. The Bertz CT molecular complexity index is 1110. The standard InChI is InChI=1S/C19H22N4O3S2/c1-12-15(13(2)23(22-12)14-7-8-28(25,26)11-14)9-18(24)20-10-19-21-16-5-3-4-6-17(16)27-19/h3-6,14H,7-11H2,1-2H3,(H,20,24). The Morgan fingerprint density at radius 1 is 1.32 bits per heavy atom. The van der Waals surface area contributed by atoms with Crippen LogP contribution in [-0.4, -0.2) is 40.6 Å². The lowest BCUT2D eigenvalue weighted by Crippen LogP contribution is -2.25. The number of carbonyl (C=O) groups is 1. The number of sulfone groups is 1. The Labute approximate surface area is 167 Å². The molecule has 9 heteroatoms. The van der Waals surface area contributed by atoms with Crippen molar-refractivity contribution in [3.8, 4) is 0 Å². The number of thiazole rings is 1. The number of benzene rings is 1. The van der Waals surface area contributed by atoms with Crippen molar-refractivity contribution in [2.75, 3.05) is 11.5 Å². The number of fused-ring (bicyclic) bond motifs is 1. The molecule has 3 aromatic rings. The molecule has 0 bridgehead atoms. The van der Waals surface area contributed by atoms with Gasteiger partial charge in [-0.1, -0.05) is 12.1 Å². The number of aryl methyl sites for hydroxylation is 1. The van der Waals surface area contributed by atoms with Crippen molar-refractivity contribution in [2.45, 2.75) is 39.3 Å². The largest absolute Gasteiger partial charge is 0.349 e. The van der Waals surface area contributed by atoms with Gasteiger partial charge in [0, 0.05) is 11.3 Å². The fraction of sp³-hybridized carbons (Fsp3) is 0.421. The molecule has 0 aliphatic carbocycles. The first kappa shape index (κ1) is 19.1. The molecular weight excluding hydrogens is 396 g/mol. The first-order chi connectivity index (χ1) is 13.3. The highest BCUT2D eigenvalue weighted by Gasteiger charge is 2.31. The van der Waals surface area contributed by atoms with Crippen LogP contribution in [0.5, 0.6) is 0 Å². The summed E-state index contributed by atoms with van der Waals surface area (Å²) in [6.45, 7) is 4.16. The van der Waals surface area contributed by atoms with Gasteiger partial charge in [-0.2, -0.15) is 5.10 Å². The van der Waals surface area contributed by atoms with E-state index in [0.29, 0.717) is 13.0 Å². The Morgan fingerprint density at radius 3 is 2.82 bits per heavy atom. The highest BCUT2D eigenvalue weighted by atomic mass is 32.2. The van der Waals surface area contributed by atoms with Gasteiger partial charge in [0.15, 0.2) is 9.84 Å². The van der Waals surface area contributed by atoms with Crippen LogP contribution in [0.1, 0.15) is 34.4 Å². The van der Waals surface area contributed by atoms with Gasteiger partial charge in [0.25, 0.3) is 0 Å². The molecule has 28 heavy (non-hydrogen) atoms. The van der Waals surface area contributed by atoms with E-state index in [1.807, 2.05) is 38.1 Å². The molecule has 1 aromatic carbocycles. The van der Waals surface area contributed by atoms with Crippen LogP contribution in [-0.2, 0) is 27.6 Å². The van der Waals surface area contributed by atoms with E-state index in [0.717, 1.165) is 32.2 Å². The zero-order valence-electron chi connectivity index (χ0n) is 15.8. The van der Waals surface area contributed by atoms with Crippen LogP contribution in [0.25, 0.3) is 10.2 Å². The molecule has 1 unspecified atom stereocenters. The second-order valence-corrected chi connectivity index (χ2v) is 10.5. The summed E-state index contributed by atoms with van der Waals surface area (Å²) in [4.78, 5) is 17.0. The van der Waals surface area contributed by atoms with Crippen LogP contribution in [0.15, 0.2) is 24.3 Å². The van der Waals surface area contributed by atoms with E-state index in [2.05, 4.69) is 15.4 Å². The van der Waals surface area contributed by atoms with Crippen molar-refractivity contribution < 1.29 is 13.2 Å². The molecule has 1 atom stereocenters. The molecule has 2 aromatic heterocycles. The van der Waals surface area contributed by atoms with Crippen molar-refractivity contribution in [3.05, 3.63) is 46.2 Å². The molecule has 148 valence electrons. The van der Waals surface area contributed by atoms with E-state index in [1.54, 1.807) is 16.0 Å². The van der Waals surface area contributed by atoms with Gasteiger partial charge in [0.1, 0.15) is 5.01 Å². The second-order valence-electron chi connectivity index (χ2n) is 7.18. The number of nitrogens with zero attached hydrogens (tertiary/aromatic N) is 3. The summed E-state index contributed by atoms with van der Waals surface area (Å²) in [5.74, 6) is 0.232. The van der Waals surface area contributed by atoms with Gasteiger partial charge in [-0.3, -0.25) is 9.48 Å². The molecule has 1 saturated heterocycles. The van der Waals surface area contributed by atoms with Crippen molar-refractivity contribution in [3.63, 3.8) is 0 Å². The highest BCUT2D eigenvalue weighted by Crippen LogP contribution is 2.27. The fourth-order valence-electron chi connectivity index (χ4n) is 3.67. The maximum atomic E-state index is 12.5. The molecule has 3 heterocycles. The van der Waals surface area contributed by atoms with Crippen molar-refractivity contribution in [1.82, 2.24) is 20.1 Å². The maximum absolute atomic E-state index is 12.5. The van der Waals surface area contributed by atoms with E-state index >= 15 is 0 Å². The van der Waals surface area contributed by atoms with Gasteiger partial charge in [0.05, 0.1) is 46.4 Å². The summed E-state index contributed by atoms with van der Waals surface area (Å²) in [7, 11) is -2.98. The highest BCUT2D eigenvalue weighted by molar-refractivity contribution is 7.91. The maximum Gasteiger partial charge on any atom is 0.224 e. The molecular formula is C19H22N4O3S2. The molecule has 1 fully saturated rings. The Kier molecular flexibility index (Phi) is 4.96. The predicted molar refractivity (Wildman–Crippen MR) is 109 cm³/mol. The van der Waals surface area contributed by atoms with E-state index in [-0.39, 0.29) is 29.9 Å². The van der Waals surface area contributed by atoms with Gasteiger partial charge >= 0.3 is 0 Å². The number of carbonyl (C=O) groups excluding carboxylic acids is 1. The summed E-state index contributed by atoms with van der Waals surface area (Å²) in [6, 6.07) is 7.76. The first-order valence-corrected chi connectivity index (χ1v) is 11.8. The van der Waals surface area contributed by atoms with Crippen LogP contribution in [0, 0.1) is 13.8 Å². The number of hydrogen-bond donors (Lipinski definition) is 1. The molecule has 1 aliphatic rings. The fourth-order valence-corrected chi connectivity index (χ4v) is 6.27. The van der Waals surface area contributed by atoms with Gasteiger partial charge in [-0.05, 0) is 32.4 Å². The quantitative estimate of drug-likeness (QED) is 0.686. The summed E-state index contributed by atoms with van der Waals surface area (Å²) in [6.07, 6.45) is 0.801. The number of amides is 1. The molecule has 0 spiro atoms. The SMILES string of the molecule is Cc1nn(C2CCS(=O)(=O)C2)c(C)c1CC(=O)NCc1nc2ccccc2s1. The Balaban J connectivity index is 1.43.